The molecule has 1 N–H and O–H groups in total. The zero-order valence-corrected chi connectivity index (χ0v) is 9.67. The number of thioether (sulfide) groups is 1. The Morgan fingerprint density at radius 3 is 2.87 bits per heavy atom. The van der Waals surface area contributed by atoms with Crippen LogP contribution in [0.5, 0.6) is 5.75 Å². The molecule has 0 unspecified atom stereocenters. The molecule has 0 spiro atoms. The first-order chi connectivity index (χ1) is 7.09. The molecule has 0 saturated carbocycles. The number of phenols is 1. The fourth-order valence-electron chi connectivity index (χ4n) is 1.13. The van der Waals surface area contributed by atoms with E-state index >= 15 is 0 Å². The first-order valence-electron chi connectivity index (χ1n) is 4.69. The number of hydrogen-bond acceptors (Lipinski definition) is 3. The number of carbonyl (C=O) groups excluding carboxylic acids is 1. The summed E-state index contributed by atoms with van der Waals surface area (Å²) in [5.41, 5.74) is 1.89. The number of hydrogen-bond donors (Lipinski definition) is 1. The van der Waals surface area contributed by atoms with E-state index in [1.165, 1.54) is 11.8 Å². The van der Waals surface area contributed by atoms with E-state index in [0.29, 0.717) is 11.5 Å². The summed E-state index contributed by atoms with van der Waals surface area (Å²) in [5, 5.41) is 9.44. The first-order valence-corrected chi connectivity index (χ1v) is 5.67. The number of phenolic OH excluding ortho intramolecular Hbond substituents is 1. The van der Waals surface area contributed by atoms with Gasteiger partial charge in [0.15, 0.2) is 5.12 Å². The van der Waals surface area contributed by atoms with E-state index in [1.807, 2.05) is 31.2 Å². The van der Waals surface area contributed by atoms with Crippen molar-refractivity contribution >= 4 is 23.0 Å². The highest BCUT2D eigenvalue weighted by Gasteiger charge is 1.95. The lowest BCUT2D eigenvalue weighted by Crippen LogP contribution is -1.82. The van der Waals surface area contributed by atoms with E-state index in [4.69, 9.17) is 0 Å². The summed E-state index contributed by atoms with van der Waals surface area (Å²) in [5.74, 6) is 1.00. The number of aryl methyl sites for hydroxylation is 1. The standard InChI is InChI=1S/C12H14O2S/c1-9-8-11(5-6-12(9)14)4-3-7-15-10(2)13/h3-6,8,14H,7H2,1-2H3. The minimum Gasteiger partial charge on any atom is -0.508 e. The van der Waals surface area contributed by atoms with Crippen molar-refractivity contribution in [1.82, 2.24) is 0 Å². The molecule has 3 heteroatoms. The average Bonchev–Trinajstić information content (AvgIpc) is 2.18. The van der Waals surface area contributed by atoms with E-state index in [1.54, 1.807) is 13.0 Å². The summed E-state index contributed by atoms with van der Waals surface area (Å²) in [6.07, 6.45) is 3.89. The molecule has 2 nitrogen and oxygen atoms in total. The lowest BCUT2D eigenvalue weighted by Gasteiger charge is -1.99. The average molecular weight is 222 g/mol. The van der Waals surface area contributed by atoms with Gasteiger partial charge in [0.05, 0.1) is 0 Å². The van der Waals surface area contributed by atoms with Gasteiger partial charge >= 0.3 is 0 Å². The zero-order valence-electron chi connectivity index (χ0n) is 8.86. The van der Waals surface area contributed by atoms with Crippen molar-refractivity contribution in [1.29, 1.82) is 0 Å². The Morgan fingerprint density at radius 1 is 1.53 bits per heavy atom. The molecular weight excluding hydrogens is 208 g/mol. The lowest BCUT2D eigenvalue weighted by atomic mass is 10.1. The molecule has 0 aliphatic rings. The fourth-order valence-corrected chi connectivity index (χ4v) is 1.56. The number of benzene rings is 1. The molecule has 0 bridgehead atoms. The smallest absolute Gasteiger partial charge is 0.186 e. The van der Waals surface area contributed by atoms with Crippen LogP contribution in [0.1, 0.15) is 18.1 Å². The van der Waals surface area contributed by atoms with Crippen LogP contribution in [0, 0.1) is 6.92 Å². The third-order valence-corrected chi connectivity index (χ3v) is 2.68. The fraction of sp³-hybridized carbons (Fsp3) is 0.250. The Hall–Kier alpha value is -1.22. The predicted octanol–water partition coefficient (Wildman–Crippen LogP) is 2.99. The van der Waals surface area contributed by atoms with Crippen LogP contribution in [0.3, 0.4) is 0 Å². The van der Waals surface area contributed by atoms with Crippen molar-refractivity contribution in [3.05, 3.63) is 35.4 Å². The quantitative estimate of drug-likeness (QED) is 0.854. The molecule has 0 fully saturated rings. The monoisotopic (exact) mass is 222 g/mol. The largest absolute Gasteiger partial charge is 0.508 e. The summed E-state index contributed by atoms with van der Waals surface area (Å²) in [6.45, 7) is 3.42. The van der Waals surface area contributed by atoms with Crippen LogP contribution >= 0.6 is 11.8 Å². The molecule has 1 aromatic carbocycles. The summed E-state index contributed by atoms with van der Waals surface area (Å²) in [4.78, 5) is 10.6. The summed E-state index contributed by atoms with van der Waals surface area (Å²) in [7, 11) is 0. The maximum Gasteiger partial charge on any atom is 0.186 e. The topological polar surface area (TPSA) is 37.3 Å². The van der Waals surface area contributed by atoms with Gasteiger partial charge in [-0.15, -0.1) is 0 Å². The van der Waals surface area contributed by atoms with Crippen LogP contribution in [0.25, 0.3) is 6.08 Å². The second kappa shape index (κ2) is 5.61. The Kier molecular flexibility index (Phi) is 4.43. The highest BCUT2D eigenvalue weighted by atomic mass is 32.2. The minimum absolute atomic E-state index is 0.126. The lowest BCUT2D eigenvalue weighted by molar-refractivity contribution is -0.109. The first kappa shape index (κ1) is 11.9. The van der Waals surface area contributed by atoms with E-state index in [9.17, 15) is 9.90 Å². The van der Waals surface area contributed by atoms with Crippen molar-refractivity contribution in [2.75, 3.05) is 5.75 Å². The molecular formula is C12H14O2S. The molecule has 80 valence electrons. The van der Waals surface area contributed by atoms with Crippen molar-refractivity contribution in [3.63, 3.8) is 0 Å². The van der Waals surface area contributed by atoms with Crippen LogP contribution in [0.2, 0.25) is 0 Å². The SMILES string of the molecule is CC(=O)SCC=Cc1ccc(O)c(C)c1. The Labute approximate surface area is 94.0 Å². The van der Waals surface area contributed by atoms with E-state index < -0.39 is 0 Å². The van der Waals surface area contributed by atoms with Crippen LogP contribution in [-0.2, 0) is 4.79 Å². The van der Waals surface area contributed by atoms with E-state index in [2.05, 4.69) is 0 Å². The summed E-state index contributed by atoms with van der Waals surface area (Å²) in [6, 6.07) is 5.43. The summed E-state index contributed by atoms with van der Waals surface area (Å²) < 4.78 is 0. The third-order valence-electron chi connectivity index (χ3n) is 1.91. The second-order valence-electron chi connectivity index (χ2n) is 3.25. The molecule has 1 rings (SSSR count). The zero-order chi connectivity index (χ0) is 11.3. The Morgan fingerprint density at radius 2 is 2.27 bits per heavy atom. The van der Waals surface area contributed by atoms with Gasteiger partial charge in [-0.1, -0.05) is 30.0 Å². The van der Waals surface area contributed by atoms with Gasteiger partial charge in [0.1, 0.15) is 5.75 Å². The normalized spacial score (nSPS) is 10.8. The van der Waals surface area contributed by atoms with Crippen molar-refractivity contribution in [2.24, 2.45) is 0 Å². The molecule has 0 aliphatic carbocycles. The maximum absolute atomic E-state index is 10.6. The minimum atomic E-state index is 0.126. The molecule has 1 aromatic rings. The van der Waals surface area contributed by atoms with Gasteiger partial charge in [-0.25, -0.2) is 0 Å². The van der Waals surface area contributed by atoms with Gasteiger partial charge in [0.2, 0.25) is 0 Å². The van der Waals surface area contributed by atoms with Crippen LogP contribution in [-0.4, -0.2) is 16.0 Å². The van der Waals surface area contributed by atoms with Crippen LogP contribution in [0.15, 0.2) is 24.3 Å². The number of aromatic hydroxyl groups is 1. The molecule has 0 atom stereocenters. The van der Waals surface area contributed by atoms with Crippen molar-refractivity contribution < 1.29 is 9.90 Å². The molecule has 0 amide bonds. The van der Waals surface area contributed by atoms with Crippen LogP contribution < -0.4 is 0 Å². The third kappa shape index (κ3) is 4.21. The van der Waals surface area contributed by atoms with Crippen molar-refractivity contribution in [2.45, 2.75) is 13.8 Å². The summed E-state index contributed by atoms with van der Waals surface area (Å²) >= 11 is 1.28. The van der Waals surface area contributed by atoms with Gasteiger partial charge in [0, 0.05) is 12.7 Å². The number of rotatable bonds is 3. The van der Waals surface area contributed by atoms with Gasteiger partial charge in [-0.2, -0.15) is 0 Å². The van der Waals surface area contributed by atoms with Gasteiger partial charge in [-0.05, 0) is 30.2 Å². The highest BCUT2D eigenvalue weighted by Crippen LogP contribution is 2.17. The maximum atomic E-state index is 10.6. The second-order valence-corrected chi connectivity index (χ2v) is 4.45. The molecule has 0 heterocycles. The molecule has 15 heavy (non-hydrogen) atoms. The molecule has 0 radical (unpaired) electrons. The Balaban J connectivity index is 2.57. The molecule has 0 aliphatic heterocycles. The van der Waals surface area contributed by atoms with Gasteiger partial charge < -0.3 is 5.11 Å². The van der Waals surface area contributed by atoms with Gasteiger partial charge in [-0.3, -0.25) is 4.79 Å². The molecule has 0 aromatic heterocycles. The van der Waals surface area contributed by atoms with Crippen molar-refractivity contribution in [3.8, 4) is 5.75 Å². The van der Waals surface area contributed by atoms with E-state index in [0.717, 1.165) is 11.1 Å². The van der Waals surface area contributed by atoms with E-state index in [-0.39, 0.29) is 5.12 Å². The molecule has 0 saturated heterocycles. The van der Waals surface area contributed by atoms with Crippen LogP contribution in [0.4, 0.5) is 0 Å². The Bertz CT molecular complexity index is 383. The van der Waals surface area contributed by atoms with Gasteiger partial charge in [0.25, 0.3) is 0 Å². The number of carbonyl (C=O) groups is 1. The highest BCUT2D eigenvalue weighted by molar-refractivity contribution is 8.13. The predicted molar refractivity (Wildman–Crippen MR) is 65.0 cm³/mol.